The van der Waals surface area contributed by atoms with E-state index in [1.54, 1.807) is 0 Å². The summed E-state index contributed by atoms with van der Waals surface area (Å²) in [5.74, 6) is 0.0392. The first-order valence-corrected chi connectivity index (χ1v) is 9.41. The quantitative estimate of drug-likeness (QED) is 0.523. The third-order valence-corrected chi connectivity index (χ3v) is 5.01. The van der Waals surface area contributed by atoms with E-state index in [0.717, 1.165) is 0 Å². The summed E-state index contributed by atoms with van der Waals surface area (Å²) >= 11 is 17.7. The molecule has 0 aromatic heterocycles. The average molecular weight is 380 g/mol. The maximum absolute atomic E-state index is 11.2. The van der Waals surface area contributed by atoms with E-state index >= 15 is 0 Å². The monoisotopic (exact) mass is 378 g/mol. The molecule has 0 saturated heterocycles. The van der Waals surface area contributed by atoms with Crippen LogP contribution in [0.1, 0.15) is 13.8 Å². The first-order chi connectivity index (χ1) is 9.10. The lowest BCUT2D eigenvalue weighted by molar-refractivity contribution is 0.225. The van der Waals surface area contributed by atoms with Crippen LogP contribution in [0, 0.1) is 11.8 Å². The largest absolute Gasteiger partial charge is 0.492 e. The van der Waals surface area contributed by atoms with E-state index in [1.807, 2.05) is 13.8 Å². The van der Waals surface area contributed by atoms with Crippen LogP contribution < -0.4 is 4.74 Å². The van der Waals surface area contributed by atoms with Gasteiger partial charge < -0.3 is 4.74 Å². The lowest BCUT2D eigenvalue weighted by Gasteiger charge is -2.20. The van der Waals surface area contributed by atoms with Gasteiger partial charge in [0.2, 0.25) is 9.05 Å². The molecule has 0 aliphatic heterocycles. The van der Waals surface area contributed by atoms with Crippen molar-refractivity contribution in [3.05, 3.63) is 27.2 Å². The maximum Gasteiger partial charge on any atom is 0.233 e. The van der Waals surface area contributed by atoms with E-state index in [2.05, 4.69) is 0 Å². The van der Waals surface area contributed by atoms with Crippen LogP contribution in [-0.2, 0) is 9.05 Å². The SMILES string of the molecule is CC(C)C(COc1cc(Cl)c(Cl)cc1Cl)CS(=O)(=O)Cl. The van der Waals surface area contributed by atoms with Crippen molar-refractivity contribution in [1.29, 1.82) is 0 Å². The lowest BCUT2D eigenvalue weighted by atomic mass is 9.99. The summed E-state index contributed by atoms with van der Waals surface area (Å²) in [6.45, 7) is 3.96. The summed E-state index contributed by atoms with van der Waals surface area (Å²) < 4.78 is 27.9. The molecular weight excluding hydrogens is 366 g/mol. The molecule has 0 saturated carbocycles. The molecule has 1 rings (SSSR count). The topological polar surface area (TPSA) is 43.4 Å². The Morgan fingerprint density at radius 1 is 1.10 bits per heavy atom. The molecule has 0 aliphatic carbocycles. The van der Waals surface area contributed by atoms with Crippen molar-refractivity contribution in [3.8, 4) is 5.75 Å². The molecule has 8 heteroatoms. The summed E-state index contributed by atoms with van der Waals surface area (Å²) in [5.41, 5.74) is 0. The number of halogens is 4. The van der Waals surface area contributed by atoms with Crippen LogP contribution in [0.5, 0.6) is 5.75 Å². The zero-order chi connectivity index (χ0) is 15.5. The normalized spacial score (nSPS) is 13.6. The van der Waals surface area contributed by atoms with E-state index in [4.69, 9.17) is 50.2 Å². The van der Waals surface area contributed by atoms with Gasteiger partial charge in [-0.15, -0.1) is 0 Å². The highest BCUT2D eigenvalue weighted by atomic mass is 35.7. The van der Waals surface area contributed by atoms with Crippen molar-refractivity contribution in [3.63, 3.8) is 0 Å². The van der Waals surface area contributed by atoms with Gasteiger partial charge in [-0.05, 0) is 12.0 Å². The fourth-order valence-corrected chi connectivity index (χ4v) is 3.57. The van der Waals surface area contributed by atoms with Crippen molar-refractivity contribution in [2.75, 3.05) is 12.4 Å². The molecule has 0 amide bonds. The Balaban J connectivity index is 2.80. The van der Waals surface area contributed by atoms with E-state index in [0.29, 0.717) is 20.8 Å². The molecule has 1 unspecified atom stereocenters. The van der Waals surface area contributed by atoms with Crippen molar-refractivity contribution in [2.24, 2.45) is 11.8 Å². The third kappa shape index (κ3) is 5.86. The van der Waals surface area contributed by atoms with Crippen LogP contribution in [0.4, 0.5) is 0 Å². The molecule has 1 atom stereocenters. The Morgan fingerprint density at radius 3 is 2.15 bits per heavy atom. The van der Waals surface area contributed by atoms with Crippen molar-refractivity contribution in [1.82, 2.24) is 0 Å². The van der Waals surface area contributed by atoms with Crippen LogP contribution in [0.25, 0.3) is 0 Å². The van der Waals surface area contributed by atoms with Crippen LogP contribution in [-0.4, -0.2) is 20.8 Å². The predicted molar refractivity (Wildman–Crippen MR) is 84.9 cm³/mol. The standard InChI is InChI=1S/C12H14Cl4O3S/c1-7(2)8(6-20(16,17)18)5-19-12-4-10(14)9(13)3-11(12)15/h3-4,7-8H,5-6H2,1-2H3. The highest BCUT2D eigenvalue weighted by Crippen LogP contribution is 2.34. The first kappa shape index (κ1) is 18.2. The minimum Gasteiger partial charge on any atom is -0.492 e. The Kier molecular flexibility index (Phi) is 6.74. The van der Waals surface area contributed by atoms with Gasteiger partial charge in [0, 0.05) is 22.7 Å². The van der Waals surface area contributed by atoms with E-state index < -0.39 is 9.05 Å². The van der Waals surface area contributed by atoms with Crippen LogP contribution in [0.3, 0.4) is 0 Å². The van der Waals surface area contributed by atoms with Gasteiger partial charge in [0.1, 0.15) is 5.75 Å². The smallest absolute Gasteiger partial charge is 0.233 e. The summed E-state index contributed by atoms with van der Waals surface area (Å²) in [5, 5.41) is 0.959. The van der Waals surface area contributed by atoms with E-state index in [1.165, 1.54) is 12.1 Å². The van der Waals surface area contributed by atoms with Gasteiger partial charge in [-0.1, -0.05) is 48.7 Å². The summed E-state index contributed by atoms with van der Waals surface area (Å²) in [6.07, 6.45) is 0. The molecule has 20 heavy (non-hydrogen) atoms. The fraction of sp³-hybridized carbons (Fsp3) is 0.500. The Hall–Kier alpha value is 0.130. The number of hydrogen-bond donors (Lipinski definition) is 0. The minimum atomic E-state index is -3.59. The molecule has 0 radical (unpaired) electrons. The fourth-order valence-electron chi connectivity index (χ4n) is 1.50. The molecule has 1 aromatic rings. The van der Waals surface area contributed by atoms with Gasteiger partial charge in [-0.25, -0.2) is 8.42 Å². The van der Waals surface area contributed by atoms with Gasteiger partial charge in [0.15, 0.2) is 0 Å². The number of rotatable bonds is 6. The molecule has 114 valence electrons. The van der Waals surface area contributed by atoms with Gasteiger partial charge >= 0.3 is 0 Å². The van der Waals surface area contributed by atoms with E-state index in [9.17, 15) is 8.42 Å². The maximum atomic E-state index is 11.2. The third-order valence-electron chi connectivity index (χ3n) is 2.78. The highest BCUT2D eigenvalue weighted by molar-refractivity contribution is 8.13. The highest BCUT2D eigenvalue weighted by Gasteiger charge is 2.22. The molecule has 0 aliphatic rings. The number of benzene rings is 1. The zero-order valence-corrected chi connectivity index (χ0v) is 14.7. The summed E-state index contributed by atoms with van der Waals surface area (Å²) in [4.78, 5) is 0. The summed E-state index contributed by atoms with van der Waals surface area (Å²) in [6, 6.07) is 2.97. The van der Waals surface area contributed by atoms with Gasteiger partial charge in [-0.2, -0.15) is 0 Å². The van der Waals surface area contributed by atoms with Crippen LogP contribution in [0.2, 0.25) is 15.1 Å². The van der Waals surface area contributed by atoms with Gasteiger partial charge in [-0.3, -0.25) is 0 Å². The van der Waals surface area contributed by atoms with Crippen LogP contribution >= 0.6 is 45.5 Å². The van der Waals surface area contributed by atoms with Gasteiger partial charge in [0.25, 0.3) is 0 Å². The molecule has 1 aromatic carbocycles. The minimum absolute atomic E-state index is 0.0880. The molecule has 0 fully saturated rings. The number of ether oxygens (including phenoxy) is 1. The Bertz CT molecular complexity index is 572. The molecule has 0 heterocycles. The summed E-state index contributed by atoms with van der Waals surface area (Å²) in [7, 11) is 1.70. The average Bonchev–Trinajstić information content (AvgIpc) is 2.28. The second-order valence-electron chi connectivity index (χ2n) is 4.72. The molecular formula is C12H14Cl4O3S. The predicted octanol–water partition coefficient (Wildman–Crippen LogP) is 4.87. The first-order valence-electron chi connectivity index (χ1n) is 5.80. The molecule has 0 bridgehead atoms. The molecule has 3 nitrogen and oxygen atoms in total. The van der Waals surface area contributed by atoms with Crippen molar-refractivity contribution >= 4 is 54.5 Å². The second-order valence-corrected chi connectivity index (χ2v) is 8.76. The Labute approximate surface area is 138 Å². The van der Waals surface area contributed by atoms with Gasteiger partial charge in [0.05, 0.1) is 27.4 Å². The molecule has 0 spiro atoms. The zero-order valence-electron chi connectivity index (χ0n) is 10.9. The molecule has 0 N–H and O–H groups in total. The Morgan fingerprint density at radius 2 is 1.65 bits per heavy atom. The van der Waals surface area contributed by atoms with Crippen molar-refractivity contribution in [2.45, 2.75) is 13.8 Å². The number of hydrogen-bond acceptors (Lipinski definition) is 3. The van der Waals surface area contributed by atoms with Crippen LogP contribution in [0.15, 0.2) is 12.1 Å². The second kappa shape index (κ2) is 7.41. The van der Waals surface area contributed by atoms with Crippen molar-refractivity contribution < 1.29 is 13.2 Å². The van der Waals surface area contributed by atoms with E-state index in [-0.39, 0.29) is 24.2 Å². The lowest BCUT2D eigenvalue weighted by Crippen LogP contribution is -2.24.